The van der Waals surface area contributed by atoms with Gasteiger partial charge in [0.2, 0.25) is 11.7 Å². The summed E-state index contributed by atoms with van der Waals surface area (Å²) in [7, 11) is 0. The lowest BCUT2D eigenvalue weighted by molar-refractivity contribution is 0.239. The van der Waals surface area contributed by atoms with Crippen LogP contribution in [0.1, 0.15) is 24.8 Å². The Hall–Kier alpha value is -1.43. The molecule has 1 saturated heterocycles. The van der Waals surface area contributed by atoms with Gasteiger partial charge in [-0.3, -0.25) is 4.90 Å². The summed E-state index contributed by atoms with van der Waals surface area (Å²) in [6.45, 7) is 7.12. The number of rotatable bonds is 4. The molecule has 1 aromatic carbocycles. The van der Waals surface area contributed by atoms with Gasteiger partial charge in [-0.05, 0) is 31.5 Å². The molecule has 5 nitrogen and oxygen atoms in total. The van der Waals surface area contributed by atoms with E-state index in [0.29, 0.717) is 11.7 Å². The molecule has 6 heteroatoms. The summed E-state index contributed by atoms with van der Waals surface area (Å²) >= 11 is 0. The summed E-state index contributed by atoms with van der Waals surface area (Å²) in [4.78, 5) is 6.88. The molecule has 0 bridgehead atoms. The third-order valence-electron chi connectivity index (χ3n) is 3.88. The van der Waals surface area contributed by atoms with Gasteiger partial charge in [-0.2, -0.15) is 4.98 Å². The van der Waals surface area contributed by atoms with Crippen molar-refractivity contribution in [3.05, 3.63) is 35.7 Å². The fourth-order valence-electron chi connectivity index (χ4n) is 2.58. The van der Waals surface area contributed by atoms with Gasteiger partial charge in [-0.15, -0.1) is 12.4 Å². The lowest BCUT2D eigenvalue weighted by atomic mass is 10.1. The second-order valence-corrected chi connectivity index (χ2v) is 5.44. The Morgan fingerprint density at radius 2 is 2.00 bits per heavy atom. The number of nitrogens with one attached hydrogen (secondary N) is 1. The predicted octanol–water partition coefficient (Wildman–Crippen LogP) is 2.52. The van der Waals surface area contributed by atoms with Crippen molar-refractivity contribution in [3.63, 3.8) is 0 Å². The molecule has 0 amide bonds. The highest BCUT2D eigenvalue weighted by atomic mass is 35.5. The Morgan fingerprint density at radius 1 is 1.18 bits per heavy atom. The number of hydrogen-bond donors (Lipinski definition) is 1. The van der Waals surface area contributed by atoms with Crippen LogP contribution in [-0.2, 0) is 13.0 Å². The van der Waals surface area contributed by atoms with E-state index in [1.165, 1.54) is 12.0 Å². The van der Waals surface area contributed by atoms with Crippen molar-refractivity contribution in [2.75, 3.05) is 26.2 Å². The van der Waals surface area contributed by atoms with Crippen LogP contribution in [0.2, 0.25) is 0 Å². The quantitative estimate of drug-likeness (QED) is 0.937. The average molecular weight is 323 g/mol. The van der Waals surface area contributed by atoms with E-state index in [-0.39, 0.29) is 12.4 Å². The molecule has 0 radical (unpaired) electrons. The molecule has 0 unspecified atom stereocenters. The summed E-state index contributed by atoms with van der Waals surface area (Å²) in [5, 5.41) is 7.50. The molecule has 0 spiro atoms. The molecule has 2 aromatic rings. The minimum atomic E-state index is 0. The van der Waals surface area contributed by atoms with Gasteiger partial charge in [0.15, 0.2) is 0 Å². The number of aromatic nitrogens is 2. The fraction of sp³-hybridized carbons (Fsp3) is 0.500. The second-order valence-electron chi connectivity index (χ2n) is 5.44. The topological polar surface area (TPSA) is 54.2 Å². The monoisotopic (exact) mass is 322 g/mol. The maximum absolute atomic E-state index is 5.40. The number of nitrogens with zero attached hydrogens (tertiary/aromatic N) is 3. The maximum atomic E-state index is 5.40. The minimum absolute atomic E-state index is 0. The smallest absolute Gasteiger partial charge is 0.241 e. The Bertz CT molecular complexity index is 562. The van der Waals surface area contributed by atoms with Gasteiger partial charge >= 0.3 is 0 Å². The van der Waals surface area contributed by atoms with Gasteiger partial charge < -0.3 is 9.84 Å². The molecular formula is C16H23ClN4O. The van der Waals surface area contributed by atoms with E-state index in [0.717, 1.165) is 44.7 Å². The highest BCUT2D eigenvalue weighted by molar-refractivity contribution is 5.85. The zero-order valence-electron chi connectivity index (χ0n) is 12.9. The molecule has 1 aliphatic heterocycles. The van der Waals surface area contributed by atoms with E-state index < -0.39 is 0 Å². The van der Waals surface area contributed by atoms with Crippen LogP contribution in [0.4, 0.5) is 0 Å². The molecule has 3 rings (SSSR count). The Morgan fingerprint density at radius 3 is 2.77 bits per heavy atom. The van der Waals surface area contributed by atoms with Crippen LogP contribution in [0.25, 0.3) is 11.4 Å². The van der Waals surface area contributed by atoms with E-state index >= 15 is 0 Å². The van der Waals surface area contributed by atoms with E-state index in [2.05, 4.69) is 51.5 Å². The van der Waals surface area contributed by atoms with E-state index in [1.54, 1.807) is 0 Å². The first-order chi connectivity index (χ1) is 10.3. The molecule has 1 aromatic heterocycles. The van der Waals surface area contributed by atoms with Crippen LogP contribution in [0, 0.1) is 0 Å². The Kier molecular flexibility index (Phi) is 6.36. The van der Waals surface area contributed by atoms with Crippen LogP contribution in [-0.4, -0.2) is 41.2 Å². The highest BCUT2D eigenvalue weighted by Crippen LogP contribution is 2.17. The van der Waals surface area contributed by atoms with Crippen LogP contribution < -0.4 is 5.32 Å². The Labute approximate surface area is 137 Å². The van der Waals surface area contributed by atoms with Crippen molar-refractivity contribution in [1.29, 1.82) is 0 Å². The van der Waals surface area contributed by atoms with E-state index in [4.69, 9.17) is 4.52 Å². The molecule has 0 aliphatic carbocycles. The second kappa shape index (κ2) is 8.27. The number of halogens is 1. The first kappa shape index (κ1) is 16.9. The minimum Gasteiger partial charge on any atom is -0.338 e. The number of hydrogen-bond acceptors (Lipinski definition) is 5. The molecule has 1 N–H and O–H groups in total. The van der Waals surface area contributed by atoms with Gasteiger partial charge in [0.05, 0.1) is 6.54 Å². The van der Waals surface area contributed by atoms with Crippen molar-refractivity contribution in [2.45, 2.75) is 26.3 Å². The summed E-state index contributed by atoms with van der Waals surface area (Å²) < 4.78 is 5.40. The average Bonchev–Trinajstić information content (AvgIpc) is 2.83. The van der Waals surface area contributed by atoms with Gasteiger partial charge in [-0.25, -0.2) is 0 Å². The van der Waals surface area contributed by atoms with Crippen LogP contribution >= 0.6 is 12.4 Å². The molecule has 120 valence electrons. The van der Waals surface area contributed by atoms with E-state index in [1.807, 2.05) is 0 Å². The molecular weight excluding hydrogens is 300 g/mol. The fourth-order valence-corrected chi connectivity index (χ4v) is 2.58. The normalized spacial score (nSPS) is 16.0. The largest absolute Gasteiger partial charge is 0.338 e. The molecule has 0 atom stereocenters. The van der Waals surface area contributed by atoms with Crippen molar-refractivity contribution in [3.8, 4) is 11.4 Å². The van der Waals surface area contributed by atoms with Gasteiger partial charge in [0.25, 0.3) is 0 Å². The van der Waals surface area contributed by atoms with Gasteiger partial charge in [-0.1, -0.05) is 36.3 Å². The summed E-state index contributed by atoms with van der Waals surface area (Å²) in [5.41, 5.74) is 2.33. The lowest BCUT2D eigenvalue weighted by Crippen LogP contribution is -2.27. The van der Waals surface area contributed by atoms with Crippen molar-refractivity contribution in [1.82, 2.24) is 20.4 Å². The van der Waals surface area contributed by atoms with E-state index in [9.17, 15) is 0 Å². The molecule has 22 heavy (non-hydrogen) atoms. The van der Waals surface area contributed by atoms with Crippen LogP contribution in [0.15, 0.2) is 28.8 Å². The third kappa shape index (κ3) is 4.29. The summed E-state index contributed by atoms with van der Waals surface area (Å²) in [6.07, 6.45) is 2.21. The molecule has 2 heterocycles. The number of aryl methyl sites for hydroxylation is 1. The van der Waals surface area contributed by atoms with Crippen molar-refractivity contribution >= 4 is 12.4 Å². The van der Waals surface area contributed by atoms with Gasteiger partial charge in [0, 0.05) is 18.7 Å². The van der Waals surface area contributed by atoms with Crippen molar-refractivity contribution < 1.29 is 4.52 Å². The Balaban J connectivity index is 0.00000176. The third-order valence-corrected chi connectivity index (χ3v) is 3.88. The standard InChI is InChI=1S/C16H22N4O.ClH/c1-2-13-4-6-14(7-5-13)16-18-15(21-19-16)12-20-10-3-8-17-9-11-20;/h4-7,17H,2-3,8-12H2,1H3;1H. The molecule has 1 aliphatic rings. The number of benzene rings is 1. The maximum Gasteiger partial charge on any atom is 0.241 e. The van der Waals surface area contributed by atoms with Crippen LogP contribution in [0.3, 0.4) is 0 Å². The first-order valence-corrected chi connectivity index (χ1v) is 7.70. The zero-order valence-corrected chi connectivity index (χ0v) is 13.7. The SMILES string of the molecule is CCc1ccc(-c2noc(CN3CCCNCC3)n2)cc1.Cl. The zero-order chi connectivity index (χ0) is 14.5. The molecule has 0 saturated carbocycles. The van der Waals surface area contributed by atoms with Gasteiger partial charge in [0.1, 0.15) is 0 Å². The first-order valence-electron chi connectivity index (χ1n) is 7.70. The van der Waals surface area contributed by atoms with Crippen molar-refractivity contribution in [2.24, 2.45) is 0 Å². The highest BCUT2D eigenvalue weighted by Gasteiger charge is 2.14. The van der Waals surface area contributed by atoms with Crippen LogP contribution in [0.5, 0.6) is 0 Å². The summed E-state index contributed by atoms with van der Waals surface area (Å²) in [5.74, 6) is 1.38. The lowest BCUT2D eigenvalue weighted by Gasteiger charge is -2.16. The predicted molar refractivity (Wildman–Crippen MR) is 89.1 cm³/mol. The molecule has 1 fully saturated rings. The summed E-state index contributed by atoms with van der Waals surface area (Å²) in [6, 6.07) is 8.35.